The van der Waals surface area contributed by atoms with Gasteiger partial charge in [0.1, 0.15) is 17.2 Å². The van der Waals surface area contributed by atoms with Gasteiger partial charge in [-0.2, -0.15) is 5.10 Å². The van der Waals surface area contributed by atoms with Gasteiger partial charge < -0.3 is 9.47 Å². The Morgan fingerprint density at radius 2 is 1.62 bits per heavy atom. The van der Waals surface area contributed by atoms with Crippen LogP contribution in [0.4, 0.5) is 0 Å². The van der Waals surface area contributed by atoms with Gasteiger partial charge in [0, 0.05) is 5.56 Å². The maximum Gasteiger partial charge on any atom is 0.283 e. The average molecular weight is 352 g/mol. The van der Waals surface area contributed by atoms with Gasteiger partial charge in [-0.1, -0.05) is 12.1 Å². The lowest BCUT2D eigenvalue weighted by Gasteiger charge is -2.07. The molecule has 0 atom stereocenters. The fourth-order valence-corrected chi connectivity index (χ4v) is 2.60. The molecule has 26 heavy (non-hydrogen) atoms. The smallest absolute Gasteiger partial charge is 0.283 e. The lowest BCUT2D eigenvalue weighted by atomic mass is 10.1. The number of ether oxygens (including phenoxy) is 2. The molecular formula is C19H20N4O3. The summed E-state index contributed by atoms with van der Waals surface area (Å²) in [5, 5.41) is 4.57. The van der Waals surface area contributed by atoms with Crippen LogP contribution in [0, 0.1) is 0 Å². The third-order valence-electron chi connectivity index (χ3n) is 4.02. The van der Waals surface area contributed by atoms with Crippen LogP contribution in [0.1, 0.15) is 16.1 Å². The number of aromatic nitrogens is 2. The van der Waals surface area contributed by atoms with Crippen molar-refractivity contribution in [3.05, 3.63) is 65.9 Å². The maximum atomic E-state index is 12.1. The summed E-state index contributed by atoms with van der Waals surface area (Å²) in [5.41, 5.74) is 5.10. The van der Waals surface area contributed by atoms with Gasteiger partial charge >= 0.3 is 0 Å². The van der Waals surface area contributed by atoms with Gasteiger partial charge in [0.25, 0.3) is 5.91 Å². The number of nitrogen functional groups attached to an aromatic ring is 1. The van der Waals surface area contributed by atoms with E-state index in [0.29, 0.717) is 17.9 Å². The zero-order valence-electron chi connectivity index (χ0n) is 14.6. The molecule has 0 aliphatic heterocycles. The van der Waals surface area contributed by atoms with E-state index in [9.17, 15) is 4.79 Å². The molecule has 0 aliphatic rings. The summed E-state index contributed by atoms with van der Waals surface area (Å²) in [4.78, 5) is 12.1. The largest absolute Gasteiger partial charge is 0.497 e. The van der Waals surface area contributed by atoms with E-state index in [2.05, 4.69) is 10.5 Å². The quantitative estimate of drug-likeness (QED) is 0.403. The predicted octanol–water partition coefficient (Wildman–Crippen LogP) is 2.22. The fraction of sp³-hybridized carbons (Fsp3) is 0.158. The lowest BCUT2D eigenvalue weighted by molar-refractivity contribution is 0.0943. The molecule has 7 heteroatoms. The number of carbonyl (C=O) groups is 1. The Hall–Kier alpha value is -3.32. The Morgan fingerprint density at radius 1 is 1.04 bits per heavy atom. The molecule has 0 fully saturated rings. The van der Waals surface area contributed by atoms with Crippen LogP contribution in [0.3, 0.4) is 0 Å². The average Bonchev–Trinajstić information content (AvgIpc) is 3.11. The second kappa shape index (κ2) is 7.71. The molecule has 3 N–H and O–H groups in total. The topological polar surface area (TPSA) is 91.4 Å². The fourth-order valence-electron chi connectivity index (χ4n) is 2.60. The minimum atomic E-state index is -0.397. The first-order valence-electron chi connectivity index (χ1n) is 8.00. The highest BCUT2D eigenvalue weighted by atomic mass is 16.5. The summed E-state index contributed by atoms with van der Waals surface area (Å²) >= 11 is 0. The van der Waals surface area contributed by atoms with Gasteiger partial charge in [-0.3, -0.25) is 14.9 Å². The second-order valence-electron chi connectivity index (χ2n) is 5.62. The third kappa shape index (κ3) is 3.68. The van der Waals surface area contributed by atoms with Crippen molar-refractivity contribution in [1.29, 1.82) is 0 Å². The Bertz CT molecular complexity index is 886. The molecule has 134 valence electrons. The monoisotopic (exact) mass is 352 g/mol. The van der Waals surface area contributed by atoms with Crippen molar-refractivity contribution in [3.63, 3.8) is 0 Å². The third-order valence-corrected chi connectivity index (χ3v) is 4.02. The maximum absolute atomic E-state index is 12.1. The van der Waals surface area contributed by atoms with Crippen molar-refractivity contribution >= 4 is 5.91 Å². The van der Waals surface area contributed by atoms with E-state index in [1.165, 1.54) is 0 Å². The Balaban J connectivity index is 1.94. The van der Waals surface area contributed by atoms with E-state index < -0.39 is 5.91 Å². The number of benzene rings is 2. The van der Waals surface area contributed by atoms with Crippen LogP contribution < -0.4 is 20.7 Å². The molecule has 1 amide bonds. The molecule has 0 saturated carbocycles. The van der Waals surface area contributed by atoms with Gasteiger partial charge in [-0.15, -0.1) is 0 Å². The minimum absolute atomic E-state index is 0.383. The van der Waals surface area contributed by atoms with Crippen molar-refractivity contribution in [2.75, 3.05) is 14.2 Å². The molecule has 3 rings (SSSR count). The zero-order valence-corrected chi connectivity index (χ0v) is 14.6. The van der Waals surface area contributed by atoms with Crippen LogP contribution in [-0.2, 0) is 6.54 Å². The number of carbonyl (C=O) groups excluding carboxylic acids is 1. The molecule has 3 aromatic rings. The number of hydrogen-bond donors (Lipinski definition) is 2. The molecule has 2 aromatic carbocycles. The molecule has 1 aromatic heterocycles. The summed E-state index contributed by atoms with van der Waals surface area (Å²) in [5.74, 6) is 6.45. The normalized spacial score (nSPS) is 10.4. The van der Waals surface area contributed by atoms with E-state index in [4.69, 9.17) is 15.3 Å². The van der Waals surface area contributed by atoms with E-state index >= 15 is 0 Å². The molecule has 0 radical (unpaired) electrons. The van der Waals surface area contributed by atoms with Gasteiger partial charge in [-0.05, 0) is 48.0 Å². The van der Waals surface area contributed by atoms with E-state index in [-0.39, 0.29) is 0 Å². The number of nitrogens with zero attached hydrogens (tertiary/aromatic N) is 2. The number of amides is 1. The summed E-state index contributed by atoms with van der Waals surface area (Å²) < 4.78 is 12.0. The Labute approximate surface area is 151 Å². The number of methoxy groups -OCH3 is 2. The zero-order chi connectivity index (χ0) is 18.5. The first-order valence-corrected chi connectivity index (χ1v) is 8.00. The molecular weight excluding hydrogens is 332 g/mol. The first-order chi connectivity index (χ1) is 12.6. The molecule has 0 aliphatic carbocycles. The van der Waals surface area contributed by atoms with E-state index in [0.717, 1.165) is 22.6 Å². The highest BCUT2D eigenvalue weighted by molar-refractivity contribution is 5.93. The van der Waals surface area contributed by atoms with Crippen molar-refractivity contribution in [2.24, 2.45) is 5.84 Å². The minimum Gasteiger partial charge on any atom is -0.497 e. The highest BCUT2D eigenvalue weighted by Crippen LogP contribution is 2.23. The summed E-state index contributed by atoms with van der Waals surface area (Å²) in [6, 6.07) is 16.8. The number of hydrazine groups is 1. The van der Waals surface area contributed by atoms with Crippen molar-refractivity contribution in [3.8, 4) is 22.8 Å². The number of rotatable bonds is 6. The molecule has 7 nitrogen and oxygen atoms in total. The standard InChI is InChI=1S/C19H20N4O3/c1-25-15-7-3-13(4-8-15)12-23-18(19(24)21-20)11-17(22-23)14-5-9-16(26-2)10-6-14/h3-11H,12,20H2,1-2H3,(H,21,24). The molecule has 0 unspecified atom stereocenters. The van der Waals surface area contributed by atoms with E-state index in [1.54, 1.807) is 25.0 Å². The SMILES string of the molecule is COc1ccc(Cn2nc(-c3ccc(OC)cc3)cc2C(=O)NN)cc1. The van der Waals surface area contributed by atoms with Crippen molar-refractivity contribution < 1.29 is 14.3 Å². The summed E-state index contributed by atoms with van der Waals surface area (Å²) in [6.07, 6.45) is 0. The molecule has 1 heterocycles. The highest BCUT2D eigenvalue weighted by Gasteiger charge is 2.16. The van der Waals surface area contributed by atoms with Gasteiger partial charge in [0.15, 0.2) is 0 Å². The summed E-state index contributed by atoms with van der Waals surface area (Å²) in [6.45, 7) is 0.433. The van der Waals surface area contributed by atoms with Crippen LogP contribution >= 0.6 is 0 Å². The Morgan fingerprint density at radius 3 is 2.15 bits per heavy atom. The van der Waals surface area contributed by atoms with E-state index in [1.807, 2.05) is 48.5 Å². The predicted molar refractivity (Wildman–Crippen MR) is 98.0 cm³/mol. The van der Waals surface area contributed by atoms with Crippen molar-refractivity contribution in [1.82, 2.24) is 15.2 Å². The first kappa shape index (κ1) is 17.5. The number of nitrogens with two attached hydrogens (primary N) is 1. The Kier molecular flexibility index (Phi) is 5.19. The number of nitrogens with one attached hydrogen (secondary N) is 1. The van der Waals surface area contributed by atoms with Crippen LogP contribution in [0.25, 0.3) is 11.3 Å². The van der Waals surface area contributed by atoms with Crippen molar-refractivity contribution in [2.45, 2.75) is 6.54 Å². The van der Waals surface area contributed by atoms with Crippen LogP contribution in [0.15, 0.2) is 54.6 Å². The van der Waals surface area contributed by atoms with Crippen LogP contribution in [-0.4, -0.2) is 29.9 Å². The van der Waals surface area contributed by atoms with Gasteiger partial charge in [-0.25, -0.2) is 5.84 Å². The molecule has 0 saturated heterocycles. The number of hydrogen-bond acceptors (Lipinski definition) is 5. The molecule has 0 bridgehead atoms. The van der Waals surface area contributed by atoms with Gasteiger partial charge in [0.05, 0.1) is 26.5 Å². The van der Waals surface area contributed by atoms with Crippen LogP contribution in [0.2, 0.25) is 0 Å². The second-order valence-corrected chi connectivity index (χ2v) is 5.62. The summed E-state index contributed by atoms with van der Waals surface area (Å²) in [7, 11) is 3.23. The van der Waals surface area contributed by atoms with Crippen LogP contribution in [0.5, 0.6) is 11.5 Å². The molecule has 0 spiro atoms. The lowest BCUT2D eigenvalue weighted by Crippen LogP contribution is -2.32. The van der Waals surface area contributed by atoms with Gasteiger partial charge in [0.2, 0.25) is 0 Å².